The standard InChI is InChI=1S/C19H31N5O.HI/c1-3-5-14-25-15-8-11-21-19(20-4-2)22-12-10-17-16-24-13-7-6-9-18(24)23-17;/h6-7,9,13,16H,3-5,8,10-12,14-15H2,1-2H3,(H2,20,21,22);1H. The van der Waals surface area contributed by atoms with Crippen LogP contribution in [0.3, 0.4) is 0 Å². The van der Waals surface area contributed by atoms with E-state index in [9.17, 15) is 0 Å². The number of halogens is 1. The number of hydrogen-bond donors (Lipinski definition) is 2. The first kappa shape index (κ1) is 22.7. The number of fused-ring (bicyclic) bond motifs is 1. The Labute approximate surface area is 173 Å². The van der Waals surface area contributed by atoms with Crippen molar-refractivity contribution in [2.75, 3.05) is 32.8 Å². The van der Waals surface area contributed by atoms with Crippen molar-refractivity contribution in [2.24, 2.45) is 4.99 Å². The van der Waals surface area contributed by atoms with Crippen LogP contribution in [0.25, 0.3) is 5.65 Å². The van der Waals surface area contributed by atoms with E-state index in [-0.39, 0.29) is 24.0 Å². The van der Waals surface area contributed by atoms with Crippen LogP contribution in [-0.2, 0) is 11.2 Å². The molecule has 2 heterocycles. The highest BCUT2D eigenvalue weighted by Gasteiger charge is 2.02. The van der Waals surface area contributed by atoms with E-state index in [1.54, 1.807) is 0 Å². The summed E-state index contributed by atoms with van der Waals surface area (Å²) in [4.78, 5) is 9.21. The molecule has 0 saturated heterocycles. The molecular formula is C19H32IN5O. The van der Waals surface area contributed by atoms with Gasteiger partial charge in [0, 0.05) is 51.7 Å². The number of pyridine rings is 1. The Morgan fingerprint density at radius 3 is 2.81 bits per heavy atom. The first-order valence-electron chi connectivity index (χ1n) is 9.36. The van der Waals surface area contributed by atoms with Gasteiger partial charge in [-0.2, -0.15) is 0 Å². The zero-order valence-electron chi connectivity index (χ0n) is 15.9. The van der Waals surface area contributed by atoms with Gasteiger partial charge >= 0.3 is 0 Å². The predicted molar refractivity (Wildman–Crippen MR) is 119 cm³/mol. The molecular weight excluding hydrogens is 441 g/mol. The van der Waals surface area contributed by atoms with Crippen molar-refractivity contribution in [1.29, 1.82) is 0 Å². The summed E-state index contributed by atoms with van der Waals surface area (Å²) in [6.07, 6.45) is 8.23. The molecule has 2 rings (SSSR count). The number of unbranched alkanes of at least 4 members (excludes halogenated alkanes) is 1. The van der Waals surface area contributed by atoms with Crippen LogP contribution in [0.15, 0.2) is 35.6 Å². The number of ether oxygens (including phenoxy) is 1. The molecule has 0 aliphatic rings. The van der Waals surface area contributed by atoms with Gasteiger partial charge in [0.05, 0.1) is 5.69 Å². The average Bonchev–Trinajstić information content (AvgIpc) is 3.03. The normalized spacial score (nSPS) is 11.4. The second-order valence-electron chi connectivity index (χ2n) is 5.96. The van der Waals surface area contributed by atoms with E-state index in [1.807, 2.05) is 28.8 Å². The molecule has 2 N–H and O–H groups in total. The van der Waals surface area contributed by atoms with Crippen LogP contribution in [-0.4, -0.2) is 48.2 Å². The minimum atomic E-state index is 0. The summed E-state index contributed by atoms with van der Waals surface area (Å²) in [6.45, 7) is 8.33. The Morgan fingerprint density at radius 2 is 2.04 bits per heavy atom. The Morgan fingerprint density at radius 1 is 1.19 bits per heavy atom. The van der Waals surface area contributed by atoms with E-state index >= 15 is 0 Å². The molecule has 0 atom stereocenters. The van der Waals surface area contributed by atoms with Crippen molar-refractivity contribution in [3.8, 4) is 0 Å². The number of aromatic nitrogens is 2. The topological polar surface area (TPSA) is 63.0 Å². The van der Waals surface area contributed by atoms with Crippen LogP contribution in [0, 0.1) is 0 Å². The summed E-state index contributed by atoms with van der Waals surface area (Å²) >= 11 is 0. The van der Waals surface area contributed by atoms with Crippen LogP contribution in [0.2, 0.25) is 0 Å². The van der Waals surface area contributed by atoms with E-state index in [1.165, 1.54) is 6.42 Å². The summed E-state index contributed by atoms with van der Waals surface area (Å²) in [5, 5.41) is 6.65. The van der Waals surface area contributed by atoms with Crippen molar-refractivity contribution in [2.45, 2.75) is 39.5 Å². The van der Waals surface area contributed by atoms with E-state index in [0.29, 0.717) is 0 Å². The molecule has 0 aromatic carbocycles. The van der Waals surface area contributed by atoms with Crippen molar-refractivity contribution in [3.63, 3.8) is 0 Å². The molecule has 2 aromatic heterocycles. The Hall–Kier alpha value is -1.35. The lowest BCUT2D eigenvalue weighted by molar-refractivity contribution is 0.130. The molecule has 0 unspecified atom stereocenters. The lowest BCUT2D eigenvalue weighted by atomic mass is 10.3. The summed E-state index contributed by atoms with van der Waals surface area (Å²) in [6, 6.07) is 6.04. The zero-order valence-corrected chi connectivity index (χ0v) is 18.2. The van der Waals surface area contributed by atoms with Gasteiger partial charge in [-0.15, -0.1) is 24.0 Å². The van der Waals surface area contributed by atoms with Gasteiger partial charge in [0.1, 0.15) is 5.65 Å². The second-order valence-corrected chi connectivity index (χ2v) is 5.96. The molecule has 0 bridgehead atoms. The molecule has 7 heteroatoms. The number of rotatable bonds is 11. The molecule has 0 aliphatic carbocycles. The van der Waals surface area contributed by atoms with Gasteiger partial charge in [-0.25, -0.2) is 4.98 Å². The van der Waals surface area contributed by atoms with Crippen LogP contribution in [0.5, 0.6) is 0 Å². The molecule has 2 aromatic rings. The number of aliphatic imine (C=N–C) groups is 1. The summed E-state index contributed by atoms with van der Waals surface area (Å²) in [7, 11) is 0. The fourth-order valence-electron chi connectivity index (χ4n) is 2.46. The molecule has 6 nitrogen and oxygen atoms in total. The van der Waals surface area contributed by atoms with Gasteiger partial charge < -0.3 is 19.8 Å². The highest BCUT2D eigenvalue weighted by atomic mass is 127. The zero-order chi connectivity index (χ0) is 17.7. The molecule has 0 amide bonds. The van der Waals surface area contributed by atoms with Gasteiger partial charge in [-0.3, -0.25) is 4.99 Å². The Balaban J connectivity index is 0.00000338. The first-order chi connectivity index (χ1) is 12.3. The van der Waals surface area contributed by atoms with E-state index < -0.39 is 0 Å². The largest absolute Gasteiger partial charge is 0.381 e. The number of imidazole rings is 1. The molecule has 0 saturated carbocycles. The summed E-state index contributed by atoms with van der Waals surface area (Å²) in [5.41, 5.74) is 2.07. The predicted octanol–water partition coefficient (Wildman–Crippen LogP) is 3.26. The van der Waals surface area contributed by atoms with Crippen LogP contribution in [0.4, 0.5) is 0 Å². The third kappa shape index (κ3) is 8.35. The van der Waals surface area contributed by atoms with Gasteiger partial charge in [0.15, 0.2) is 5.96 Å². The maximum atomic E-state index is 5.56. The number of nitrogens with zero attached hydrogens (tertiary/aromatic N) is 3. The molecule has 146 valence electrons. The Kier molecular flexibility index (Phi) is 12.0. The van der Waals surface area contributed by atoms with Gasteiger partial charge in [0.25, 0.3) is 0 Å². The number of guanidine groups is 1. The maximum Gasteiger partial charge on any atom is 0.191 e. The van der Waals surface area contributed by atoms with Crippen molar-refractivity contribution >= 4 is 35.6 Å². The van der Waals surface area contributed by atoms with Gasteiger partial charge in [0.2, 0.25) is 0 Å². The van der Waals surface area contributed by atoms with Gasteiger partial charge in [-0.1, -0.05) is 19.4 Å². The monoisotopic (exact) mass is 473 g/mol. The molecule has 0 fully saturated rings. The molecule has 26 heavy (non-hydrogen) atoms. The molecule has 0 aliphatic heterocycles. The number of hydrogen-bond acceptors (Lipinski definition) is 3. The lowest BCUT2D eigenvalue weighted by Crippen LogP contribution is -2.38. The third-order valence-corrected chi connectivity index (χ3v) is 3.79. The maximum absolute atomic E-state index is 5.56. The first-order valence-corrected chi connectivity index (χ1v) is 9.36. The highest BCUT2D eigenvalue weighted by molar-refractivity contribution is 14.0. The highest BCUT2D eigenvalue weighted by Crippen LogP contribution is 2.04. The summed E-state index contributed by atoms with van der Waals surface area (Å²) < 4.78 is 7.61. The van der Waals surface area contributed by atoms with Crippen LogP contribution >= 0.6 is 24.0 Å². The summed E-state index contributed by atoms with van der Waals surface area (Å²) in [5.74, 6) is 0.861. The molecule has 0 radical (unpaired) electrons. The quantitative estimate of drug-likeness (QED) is 0.228. The third-order valence-electron chi connectivity index (χ3n) is 3.79. The fourth-order valence-corrected chi connectivity index (χ4v) is 2.46. The fraction of sp³-hybridized carbons (Fsp3) is 0.579. The van der Waals surface area contributed by atoms with E-state index in [4.69, 9.17) is 4.74 Å². The van der Waals surface area contributed by atoms with Crippen LogP contribution < -0.4 is 10.6 Å². The number of nitrogens with one attached hydrogen (secondary N) is 2. The minimum Gasteiger partial charge on any atom is -0.381 e. The SMILES string of the molecule is CCCCOCCCN=C(NCC)NCCc1cn2ccccc2n1.I. The molecule has 0 spiro atoms. The van der Waals surface area contributed by atoms with Crippen molar-refractivity contribution < 1.29 is 4.74 Å². The lowest BCUT2D eigenvalue weighted by Gasteiger charge is -2.10. The van der Waals surface area contributed by atoms with Gasteiger partial charge in [-0.05, 0) is 31.9 Å². The van der Waals surface area contributed by atoms with Crippen molar-refractivity contribution in [1.82, 2.24) is 20.0 Å². The second kappa shape index (κ2) is 13.8. The minimum absolute atomic E-state index is 0. The van der Waals surface area contributed by atoms with E-state index in [2.05, 4.69) is 40.7 Å². The van der Waals surface area contributed by atoms with E-state index in [0.717, 1.165) is 69.4 Å². The Bertz CT molecular complexity index is 611. The van der Waals surface area contributed by atoms with Crippen LogP contribution in [0.1, 0.15) is 38.8 Å². The smallest absolute Gasteiger partial charge is 0.191 e. The average molecular weight is 473 g/mol. The van der Waals surface area contributed by atoms with Crippen molar-refractivity contribution in [3.05, 3.63) is 36.3 Å².